The van der Waals surface area contributed by atoms with Gasteiger partial charge in [-0.15, -0.1) is 0 Å². The van der Waals surface area contributed by atoms with Crippen LogP contribution in [0.25, 0.3) is 0 Å². The Hall–Kier alpha value is -4.92. The summed E-state index contributed by atoms with van der Waals surface area (Å²) in [6.07, 6.45) is 0. The zero-order valence-corrected chi connectivity index (χ0v) is 27.2. The Labute approximate surface area is 285 Å². The van der Waals surface area contributed by atoms with Gasteiger partial charge in [0.05, 0.1) is 39.6 Å². The van der Waals surface area contributed by atoms with E-state index in [4.69, 9.17) is 30.6 Å². The minimum absolute atomic E-state index is 0.140. The molecule has 0 radical (unpaired) electrons. The molecule has 0 atom stereocenters. The quantitative estimate of drug-likeness (QED) is 0.115. The molecule has 0 heterocycles. The lowest BCUT2D eigenvalue weighted by atomic mass is 10.2. The Kier molecular flexibility index (Phi) is 25.2. The third kappa shape index (κ3) is 21.8. The minimum Gasteiger partial charge on any atom is -0.392 e. The number of aliphatic hydroxyl groups is 6. The molecule has 0 aliphatic rings. The summed E-state index contributed by atoms with van der Waals surface area (Å²) >= 11 is 0. The van der Waals surface area contributed by atoms with Crippen molar-refractivity contribution in [1.29, 1.82) is 0 Å². The highest BCUT2D eigenvalue weighted by Crippen LogP contribution is 1.99. The average molecular weight is 649 g/mol. The van der Waals surface area contributed by atoms with Crippen molar-refractivity contribution >= 4 is 0 Å². The van der Waals surface area contributed by atoms with Crippen molar-refractivity contribution in [3.63, 3.8) is 0 Å². The van der Waals surface area contributed by atoms with Crippen LogP contribution in [-0.2, 0) is 39.6 Å². The largest absolute Gasteiger partial charge is 0.392 e. The van der Waals surface area contributed by atoms with E-state index in [0.717, 1.165) is 33.4 Å². The summed E-state index contributed by atoms with van der Waals surface area (Å²) in [5.74, 6) is 0. The van der Waals surface area contributed by atoms with Gasteiger partial charge in [-0.2, -0.15) is 0 Å². The first kappa shape index (κ1) is 41.1. The van der Waals surface area contributed by atoms with E-state index in [9.17, 15) is 0 Å². The molecule has 0 saturated heterocycles. The maximum absolute atomic E-state index is 8.54. The first-order valence-corrected chi connectivity index (χ1v) is 15.5. The molecule has 6 rings (SSSR count). The lowest BCUT2D eigenvalue weighted by Gasteiger charge is -1.89. The molecule has 0 amide bonds. The third-order valence-electron chi connectivity index (χ3n) is 6.15. The lowest BCUT2D eigenvalue weighted by Crippen LogP contribution is -1.77. The first-order valence-electron chi connectivity index (χ1n) is 15.5. The molecule has 6 aromatic rings. The van der Waals surface area contributed by atoms with Gasteiger partial charge in [-0.25, -0.2) is 0 Å². The van der Waals surface area contributed by atoms with Crippen molar-refractivity contribution in [3.05, 3.63) is 215 Å². The fraction of sp³-hybridized carbons (Fsp3) is 0.143. The predicted molar refractivity (Wildman–Crippen MR) is 194 cm³/mol. The van der Waals surface area contributed by atoms with Crippen molar-refractivity contribution in [2.24, 2.45) is 0 Å². The predicted octanol–water partition coefficient (Wildman–Crippen LogP) is 7.07. The van der Waals surface area contributed by atoms with Crippen molar-refractivity contribution in [1.82, 2.24) is 0 Å². The summed E-state index contributed by atoms with van der Waals surface area (Å²) in [4.78, 5) is 0. The third-order valence-corrected chi connectivity index (χ3v) is 6.15. The highest BCUT2D eigenvalue weighted by atomic mass is 16.3. The molecule has 252 valence electrons. The van der Waals surface area contributed by atoms with E-state index in [2.05, 4.69) is 0 Å². The van der Waals surface area contributed by atoms with E-state index >= 15 is 0 Å². The van der Waals surface area contributed by atoms with Gasteiger partial charge >= 0.3 is 0 Å². The molecule has 6 heteroatoms. The van der Waals surface area contributed by atoms with Gasteiger partial charge in [0.25, 0.3) is 0 Å². The normalized spacial score (nSPS) is 9.12. The topological polar surface area (TPSA) is 121 Å². The Morgan fingerprint density at radius 1 is 0.188 bits per heavy atom. The van der Waals surface area contributed by atoms with Gasteiger partial charge < -0.3 is 30.6 Å². The Morgan fingerprint density at radius 2 is 0.292 bits per heavy atom. The first-order chi connectivity index (χ1) is 23.6. The molecule has 0 bridgehead atoms. The molecule has 6 aromatic carbocycles. The molecule has 6 N–H and O–H groups in total. The van der Waals surface area contributed by atoms with Gasteiger partial charge in [0.2, 0.25) is 0 Å². The molecule has 0 fully saturated rings. The van der Waals surface area contributed by atoms with Gasteiger partial charge in [0, 0.05) is 0 Å². The van der Waals surface area contributed by atoms with E-state index < -0.39 is 0 Å². The van der Waals surface area contributed by atoms with Crippen LogP contribution in [0.3, 0.4) is 0 Å². The van der Waals surface area contributed by atoms with E-state index in [-0.39, 0.29) is 39.6 Å². The van der Waals surface area contributed by atoms with Crippen LogP contribution in [0, 0.1) is 0 Å². The average Bonchev–Trinajstić information content (AvgIpc) is 3.21. The SMILES string of the molecule is OCc1ccccc1.OCc1ccccc1.OCc1ccccc1.OCc1ccccc1.OCc1ccccc1.OCc1ccccc1. The van der Waals surface area contributed by atoms with Crippen molar-refractivity contribution in [3.8, 4) is 0 Å². The number of benzene rings is 6. The molecule has 0 unspecified atom stereocenters. The maximum Gasteiger partial charge on any atom is 0.0681 e. The van der Waals surface area contributed by atoms with Crippen LogP contribution in [0.2, 0.25) is 0 Å². The van der Waals surface area contributed by atoms with Gasteiger partial charge in [-0.05, 0) is 33.4 Å². The number of hydrogen-bond acceptors (Lipinski definition) is 6. The van der Waals surface area contributed by atoms with Crippen LogP contribution in [-0.4, -0.2) is 30.6 Å². The van der Waals surface area contributed by atoms with Crippen LogP contribution < -0.4 is 0 Å². The second-order valence-electron chi connectivity index (χ2n) is 9.86. The smallest absolute Gasteiger partial charge is 0.0681 e. The van der Waals surface area contributed by atoms with E-state index in [1.54, 1.807) is 0 Å². The molecule has 6 nitrogen and oxygen atoms in total. The number of rotatable bonds is 6. The second kappa shape index (κ2) is 29.5. The van der Waals surface area contributed by atoms with Gasteiger partial charge in [-0.1, -0.05) is 182 Å². The number of aliphatic hydroxyl groups excluding tert-OH is 6. The monoisotopic (exact) mass is 648 g/mol. The Bertz CT molecular complexity index is 1180. The van der Waals surface area contributed by atoms with Crippen LogP contribution in [0.1, 0.15) is 33.4 Å². The Morgan fingerprint density at radius 3 is 0.354 bits per heavy atom. The maximum atomic E-state index is 8.54. The molecule has 0 aromatic heterocycles. The van der Waals surface area contributed by atoms with Crippen LogP contribution in [0.5, 0.6) is 0 Å². The van der Waals surface area contributed by atoms with Gasteiger partial charge in [-0.3, -0.25) is 0 Å². The van der Waals surface area contributed by atoms with Crippen molar-refractivity contribution in [2.45, 2.75) is 39.6 Å². The standard InChI is InChI=1S/6C7H8O/c6*8-6-7-4-2-1-3-5-7/h6*1-5,8H,6H2. The molecular weight excluding hydrogens is 600 g/mol. The van der Waals surface area contributed by atoms with Crippen LogP contribution >= 0.6 is 0 Å². The second-order valence-corrected chi connectivity index (χ2v) is 9.86. The fourth-order valence-electron chi connectivity index (χ4n) is 3.50. The molecule has 0 spiro atoms. The Balaban J connectivity index is 0.000000288. The molecule has 0 aliphatic heterocycles. The highest BCUT2D eigenvalue weighted by molar-refractivity contribution is 5.16. The van der Waals surface area contributed by atoms with Crippen molar-refractivity contribution < 1.29 is 30.6 Å². The summed E-state index contributed by atoms with van der Waals surface area (Å²) in [7, 11) is 0. The van der Waals surface area contributed by atoms with Gasteiger partial charge in [0.15, 0.2) is 0 Å². The van der Waals surface area contributed by atoms with E-state index in [0.29, 0.717) is 0 Å². The van der Waals surface area contributed by atoms with E-state index in [1.807, 2.05) is 182 Å². The lowest BCUT2D eigenvalue weighted by molar-refractivity contribution is 0.281. The zero-order chi connectivity index (χ0) is 34.9. The molecular formula is C42H48O6. The summed E-state index contributed by atoms with van der Waals surface area (Å²) in [6, 6.07) is 57.1. The van der Waals surface area contributed by atoms with Crippen molar-refractivity contribution in [2.75, 3.05) is 0 Å². The number of hydrogen-bond donors (Lipinski definition) is 6. The van der Waals surface area contributed by atoms with E-state index in [1.165, 1.54) is 0 Å². The summed E-state index contributed by atoms with van der Waals surface area (Å²) in [5.41, 5.74) is 5.79. The summed E-state index contributed by atoms with van der Waals surface area (Å²) in [6.45, 7) is 0.838. The minimum atomic E-state index is 0.140. The fourth-order valence-corrected chi connectivity index (χ4v) is 3.50. The molecule has 0 saturated carbocycles. The molecule has 48 heavy (non-hydrogen) atoms. The van der Waals surface area contributed by atoms with Crippen LogP contribution in [0.4, 0.5) is 0 Å². The van der Waals surface area contributed by atoms with Crippen LogP contribution in [0.15, 0.2) is 182 Å². The van der Waals surface area contributed by atoms with Gasteiger partial charge in [0.1, 0.15) is 0 Å². The highest BCUT2D eigenvalue weighted by Gasteiger charge is 1.84. The zero-order valence-electron chi connectivity index (χ0n) is 27.2. The molecule has 0 aliphatic carbocycles. The summed E-state index contributed by atoms with van der Waals surface area (Å²) < 4.78 is 0. The summed E-state index contributed by atoms with van der Waals surface area (Å²) in [5, 5.41) is 51.2.